The van der Waals surface area contributed by atoms with E-state index < -0.39 is 31.9 Å². The molecule has 0 aliphatic carbocycles. The van der Waals surface area contributed by atoms with Gasteiger partial charge in [0.15, 0.2) is 0 Å². The van der Waals surface area contributed by atoms with E-state index in [1.54, 1.807) is 24.3 Å². The van der Waals surface area contributed by atoms with Gasteiger partial charge in [-0.25, -0.2) is 26.3 Å². The number of sulfonamides is 2. The summed E-state index contributed by atoms with van der Waals surface area (Å²) < 4.78 is 47.7. The summed E-state index contributed by atoms with van der Waals surface area (Å²) in [6.45, 7) is 0.0265. The number of hydrogen-bond donors (Lipinski definition) is 5. The predicted molar refractivity (Wildman–Crippen MR) is 109 cm³/mol. The summed E-state index contributed by atoms with van der Waals surface area (Å²) in [5.41, 5.74) is 5.62. The highest BCUT2D eigenvalue weighted by Crippen LogP contribution is 2.21. The first kappa shape index (κ1) is 29.2. The monoisotopic (exact) mass is 456 g/mol. The van der Waals surface area contributed by atoms with Crippen LogP contribution in [0.5, 0.6) is 0 Å². The number of nitrogens with two attached hydrogens (primary N) is 3. The van der Waals surface area contributed by atoms with E-state index in [4.69, 9.17) is 5.73 Å². The van der Waals surface area contributed by atoms with Gasteiger partial charge in [-0.2, -0.15) is 0 Å². The van der Waals surface area contributed by atoms with Crippen molar-refractivity contribution in [2.75, 3.05) is 38.7 Å². The van der Waals surface area contributed by atoms with Gasteiger partial charge in [0.1, 0.15) is 0 Å². The first-order valence-electron chi connectivity index (χ1n) is 7.89. The molecule has 0 aromatic heterocycles. The molecule has 0 unspecified atom stereocenters. The number of nitrogens with one attached hydrogen (secondary N) is 2. The van der Waals surface area contributed by atoms with Crippen LogP contribution in [0.4, 0.5) is 0 Å². The van der Waals surface area contributed by atoms with Crippen molar-refractivity contribution in [1.82, 2.24) is 14.3 Å². The molecule has 10 N–H and O–H groups in total. The van der Waals surface area contributed by atoms with Crippen molar-refractivity contribution in [2.45, 2.75) is 0 Å². The van der Waals surface area contributed by atoms with Crippen molar-refractivity contribution < 1.29 is 31.9 Å². The van der Waals surface area contributed by atoms with Crippen LogP contribution >= 0.6 is 0 Å². The van der Waals surface area contributed by atoms with Gasteiger partial charge in [-0.15, -0.1) is 0 Å². The fraction of sp³-hybridized carbons (Fsp3) is 0.429. The minimum atomic E-state index is -3.44. The van der Waals surface area contributed by atoms with Crippen LogP contribution in [0.1, 0.15) is 20.7 Å². The van der Waals surface area contributed by atoms with E-state index in [9.17, 15) is 26.4 Å². The van der Waals surface area contributed by atoms with E-state index in [0.29, 0.717) is 11.1 Å². The van der Waals surface area contributed by atoms with Gasteiger partial charge < -0.3 is 11.2 Å². The summed E-state index contributed by atoms with van der Waals surface area (Å²) in [5.74, 6) is 6.82. The third-order valence-electron chi connectivity index (χ3n) is 3.47. The number of hydrazine groups is 1. The first-order chi connectivity index (χ1) is 13.1. The molecule has 0 atom stereocenters. The highest BCUT2D eigenvalue weighted by molar-refractivity contribution is 7.89. The zero-order valence-electron chi connectivity index (χ0n) is 16.1. The van der Waals surface area contributed by atoms with Gasteiger partial charge in [0, 0.05) is 13.1 Å². The SMILES string of the molecule is CNS(=O)(=O)CCN.CNS(=O)(=O)CCN1C(=O)c2ccccc2C1=O.NN.O. The van der Waals surface area contributed by atoms with Crippen LogP contribution in [-0.4, -0.2) is 77.7 Å². The molecule has 0 spiro atoms. The van der Waals surface area contributed by atoms with Crippen LogP contribution < -0.4 is 26.9 Å². The van der Waals surface area contributed by atoms with Crippen molar-refractivity contribution in [3.8, 4) is 0 Å². The Kier molecular flexibility index (Phi) is 13.4. The number of carbonyl (C=O) groups excluding carboxylic acids is 2. The average Bonchev–Trinajstić information content (AvgIpc) is 2.93. The summed E-state index contributed by atoms with van der Waals surface area (Å²) >= 11 is 0. The fourth-order valence-corrected chi connectivity index (χ4v) is 3.15. The van der Waals surface area contributed by atoms with Crippen molar-refractivity contribution in [3.63, 3.8) is 0 Å². The molecule has 0 saturated heterocycles. The molecule has 15 heteroatoms. The van der Waals surface area contributed by atoms with Crippen LogP contribution in [0, 0.1) is 0 Å². The van der Waals surface area contributed by atoms with Crippen LogP contribution in [-0.2, 0) is 20.0 Å². The molecule has 2 amide bonds. The van der Waals surface area contributed by atoms with Gasteiger partial charge in [0.25, 0.3) is 11.8 Å². The number of rotatable bonds is 7. The molecule has 168 valence electrons. The molecular weight excluding hydrogens is 428 g/mol. The van der Waals surface area contributed by atoms with E-state index >= 15 is 0 Å². The Bertz CT molecular complexity index is 839. The van der Waals surface area contributed by atoms with E-state index in [1.165, 1.54) is 14.1 Å². The van der Waals surface area contributed by atoms with Crippen molar-refractivity contribution in [2.24, 2.45) is 17.4 Å². The van der Waals surface area contributed by atoms with E-state index in [2.05, 4.69) is 21.1 Å². The van der Waals surface area contributed by atoms with Gasteiger partial charge in [0.05, 0.1) is 22.6 Å². The van der Waals surface area contributed by atoms with E-state index in [-0.39, 0.29) is 30.1 Å². The van der Waals surface area contributed by atoms with Gasteiger partial charge in [0.2, 0.25) is 20.0 Å². The lowest BCUT2D eigenvalue weighted by Crippen LogP contribution is -2.36. The summed E-state index contributed by atoms with van der Waals surface area (Å²) in [6.07, 6.45) is 0. The third-order valence-corrected chi connectivity index (χ3v) is 6.21. The van der Waals surface area contributed by atoms with Crippen LogP contribution in [0.25, 0.3) is 0 Å². The minimum absolute atomic E-state index is 0. The van der Waals surface area contributed by atoms with Crippen LogP contribution in [0.3, 0.4) is 0 Å². The smallest absolute Gasteiger partial charge is 0.261 e. The molecule has 1 aromatic carbocycles. The van der Waals surface area contributed by atoms with Gasteiger partial charge >= 0.3 is 0 Å². The molecule has 0 fully saturated rings. The van der Waals surface area contributed by atoms with Crippen LogP contribution in [0.15, 0.2) is 24.3 Å². The molecule has 2 rings (SSSR count). The molecule has 1 aromatic rings. The maximum absolute atomic E-state index is 11.9. The molecule has 1 aliphatic heterocycles. The van der Waals surface area contributed by atoms with Gasteiger partial charge in [-0.05, 0) is 26.2 Å². The van der Waals surface area contributed by atoms with Crippen molar-refractivity contribution in [1.29, 1.82) is 0 Å². The Morgan fingerprint density at radius 3 is 1.55 bits per heavy atom. The second kappa shape index (κ2) is 13.3. The summed E-state index contributed by atoms with van der Waals surface area (Å²) in [5, 5.41) is 0. The second-order valence-corrected chi connectivity index (χ2v) is 9.23. The lowest BCUT2D eigenvalue weighted by atomic mass is 10.1. The van der Waals surface area contributed by atoms with Gasteiger partial charge in [-0.3, -0.25) is 26.2 Å². The summed E-state index contributed by atoms with van der Waals surface area (Å²) in [4.78, 5) is 24.8. The van der Waals surface area contributed by atoms with E-state index in [1.807, 2.05) is 0 Å². The number of hydrogen-bond acceptors (Lipinski definition) is 9. The van der Waals surface area contributed by atoms with Crippen molar-refractivity contribution >= 4 is 31.9 Å². The average molecular weight is 457 g/mol. The summed E-state index contributed by atoms with van der Waals surface area (Å²) in [7, 11) is -3.83. The number of fused-ring (bicyclic) bond motifs is 1. The number of carbonyl (C=O) groups is 2. The fourth-order valence-electron chi connectivity index (χ4n) is 2.01. The van der Waals surface area contributed by atoms with Gasteiger partial charge in [-0.1, -0.05) is 12.1 Å². The Balaban J connectivity index is 0. The van der Waals surface area contributed by atoms with Crippen LogP contribution in [0.2, 0.25) is 0 Å². The molecule has 13 nitrogen and oxygen atoms in total. The molecular formula is C14H28N6O7S2. The zero-order chi connectivity index (χ0) is 22.0. The maximum Gasteiger partial charge on any atom is 0.261 e. The number of nitrogens with zero attached hydrogens (tertiary/aromatic N) is 1. The molecule has 0 saturated carbocycles. The normalized spacial score (nSPS) is 12.8. The standard InChI is InChI=1S/C11H12N2O4S.C3H10N2O2S.H4N2.H2O/c1-12-18(16,17)7-6-13-10(14)8-4-2-3-5-9(8)11(13)15;1-5-8(6,7)3-2-4;1-2;/h2-5,12H,6-7H2,1H3;5H,2-4H2,1H3;1-2H2;1H2. The Labute approximate surface area is 170 Å². The quantitative estimate of drug-likeness (QED) is 0.154. The highest BCUT2D eigenvalue weighted by atomic mass is 32.2. The number of imide groups is 1. The molecule has 0 radical (unpaired) electrons. The molecule has 1 aliphatic rings. The largest absolute Gasteiger partial charge is 0.412 e. The minimum Gasteiger partial charge on any atom is -0.412 e. The Morgan fingerprint density at radius 2 is 1.24 bits per heavy atom. The molecule has 29 heavy (non-hydrogen) atoms. The second-order valence-electron chi connectivity index (χ2n) is 5.14. The Hall–Kier alpha value is -1.98. The maximum atomic E-state index is 11.9. The Morgan fingerprint density at radius 1 is 0.862 bits per heavy atom. The highest BCUT2D eigenvalue weighted by Gasteiger charge is 2.35. The van der Waals surface area contributed by atoms with E-state index in [0.717, 1.165) is 4.90 Å². The first-order valence-corrected chi connectivity index (χ1v) is 11.2. The molecule has 1 heterocycles. The lowest BCUT2D eigenvalue weighted by Gasteiger charge is -2.13. The lowest BCUT2D eigenvalue weighted by molar-refractivity contribution is 0.0664. The zero-order valence-corrected chi connectivity index (χ0v) is 17.7. The number of benzene rings is 1. The summed E-state index contributed by atoms with van der Waals surface area (Å²) in [6, 6.07) is 6.44. The number of amides is 2. The third kappa shape index (κ3) is 8.92. The predicted octanol–water partition coefficient (Wildman–Crippen LogP) is -3.68. The topological polar surface area (TPSA) is 239 Å². The molecule has 0 bridgehead atoms. The van der Waals surface area contributed by atoms with Crippen molar-refractivity contribution in [3.05, 3.63) is 35.4 Å².